The lowest BCUT2D eigenvalue weighted by Gasteiger charge is -2.36. The number of rotatable bonds is 6. The van der Waals surface area contributed by atoms with Crippen molar-refractivity contribution in [2.75, 3.05) is 13.7 Å². The van der Waals surface area contributed by atoms with Crippen LogP contribution in [0.4, 0.5) is 0 Å². The minimum Gasteiger partial charge on any atom is -0.497 e. The van der Waals surface area contributed by atoms with Crippen LogP contribution >= 0.6 is 0 Å². The molecule has 28 heavy (non-hydrogen) atoms. The molecule has 4 rings (SSSR count). The number of hydrogen-bond donors (Lipinski definition) is 0. The molecular weight excluding hydrogens is 346 g/mol. The fraction of sp³-hybridized carbons (Fsp3) is 0.333. The van der Waals surface area contributed by atoms with Crippen LogP contribution in [0.2, 0.25) is 0 Å². The van der Waals surface area contributed by atoms with Crippen molar-refractivity contribution in [3.8, 4) is 5.75 Å². The number of aromatic nitrogens is 2. The molecule has 1 atom stereocenters. The van der Waals surface area contributed by atoms with Crippen LogP contribution in [-0.2, 0) is 13.0 Å². The Hall–Kier alpha value is -2.72. The Morgan fingerprint density at radius 2 is 1.79 bits per heavy atom. The minimum atomic E-state index is 0.449. The Morgan fingerprint density at radius 1 is 0.964 bits per heavy atom. The third-order valence-electron chi connectivity index (χ3n) is 5.53. The lowest BCUT2D eigenvalue weighted by atomic mass is 9.95. The van der Waals surface area contributed by atoms with Crippen molar-refractivity contribution >= 4 is 0 Å². The smallest absolute Gasteiger partial charge is 0.118 e. The van der Waals surface area contributed by atoms with Crippen LogP contribution in [-0.4, -0.2) is 28.5 Å². The van der Waals surface area contributed by atoms with Crippen molar-refractivity contribution in [3.63, 3.8) is 0 Å². The van der Waals surface area contributed by atoms with Gasteiger partial charge in [-0.3, -0.25) is 14.9 Å². The second-order valence-corrected chi connectivity index (χ2v) is 7.45. The first-order valence-electron chi connectivity index (χ1n) is 10.0. The zero-order valence-corrected chi connectivity index (χ0v) is 16.4. The lowest BCUT2D eigenvalue weighted by Crippen LogP contribution is -2.33. The monoisotopic (exact) mass is 373 g/mol. The molecule has 4 heteroatoms. The maximum absolute atomic E-state index is 5.23. The minimum absolute atomic E-state index is 0.449. The van der Waals surface area contributed by atoms with E-state index < -0.39 is 0 Å². The molecule has 3 heterocycles. The molecule has 0 N–H and O–H groups in total. The van der Waals surface area contributed by atoms with E-state index in [-0.39, 0.29) is 0 Å². The molecule has 0 radical (unpaired) electrons. The molecule has 2 aromatic heterocycles. The second kappa shape index (κ2) is 8.98. The van der Waals surface area contributed by atoms with Gasteiger partial charge in [0.1, 0.15) is 5.75 Å². The molecule has 0 aliphatic carbocycles. The normalized spacial score (nSPS) is 17.4. The molecular formula is C24H27N3O. The van der Waals surface area contributed by atoms with Crippen molar-refractivity contribution in [1.82, 2.24) is 14.9 Å². The summed E-state index contributed by atoms with van der Waals surface area (Å²) in [7, 11) is 1.69. The fourth-order valence-corrected chi connectivity index (χ4v) is 3.97. The molecule has 1 aliphatic rings. The zero-order chi connectivity index (χ0) is 19.2. The Bertz CT molecular complexity index is 863. The number of hydrogen-bond acceptors (Lipinski definition) is 4. The van der Waals surface area contributed by atoms with Gasteiger partial charge in [-0.2, -0.15) is 0 Å². The zero-order valence-electron chi connectivity index (χ0n) is 16.4. The Morgan fingerprint density at radius 3 is 2.50 bits per heavy atom. The molecule has 0 spiro atoms. The first kappa shape index (κ1) is 18.6. The van der Waals surface area contributed by atoms with E-state index in [1.807, 2.05) is 24.5 Å². The lowest BCUT2D eigenvalue weighted by molar-refractivity contribution is 0.140. The van der Waals surface area contributed by atoms with Crippen molar-refractivity contribution in [2.24, 2.45) is 0 Å². The highest BCUT2D eigenvalue weighted by Gasteiger charge is 2.24. The van der Waals surface area contributed by atoms with E-state index in [0.717, 1.165) is 31.0 Å². The van der Waals surface area contributed by atoms with E-state index in [4.69, 9.17) is 9.72 Å². The van der Waals surface area contributed by atoms with E-state index in [1.54, 1.807) is 7.11 Å². The molecule has 1 aromatic carbocycles. The summed E-state index contributed by atoms with van der Waals surface area (Å²) < 4.78 is 5.23. The highest BCUT2D eigenvalue weighted by molar-refractivity contribution is 5.30. The van der Waals surface area contributed by atoms with E-state index >= 15 is 0 Å². The highest BCUT2D eigenvalue weighted by Crippen LogP contribution is 2.32. The van der Waals surface area contributed by atoms with Crippen LogP contribution in [0, 0.1) is 0 Å². The van der Waals surface area contributed by atoms with Gasteiger partial charge in [-0.15, -0.1) is 0 Å². The standard InChI is InChI=1S/C24H27N3O/c1-28-23-9-5-19(6-10-23)16-22-8-7-21(17-26-22)24-4-2-3-15-27(24)18-20-11-13-25-14-12-20/h5-14,17,24H,2-4,15-16,18H2,1H3/t24-/m1/s1. The predicted molar refractivity (Wildman–Crippen MR) is 111 cm³/mol. The van der Waals surface area contributed by atoms with Gasteiger partial charge < -0.3 is 4.74 Å². The summed E-state index contributed by atoms with van der Waals surface area (Å²) in [6.45, 7) is 2.11. The topological polar surface area (TPSA) is 38.2 Å². The van der Waals surface area contributed by atoms with E-state index in [0.29, 0.717) is 6.04 Å². The molecule has 0 amide bonds. The predicted octanol–water partition coefficient (Wildman–Crippen LogP) is 4.80. The van der Waals surface area contributed by atoms with Crippen LogP contribution in [0.15, 0.2) is 67.1 Å². The van der Waals surface area contributed by atoms with E-state index in [9.17, 15) is 0 Å². The largest absolute Gasteiger partial charge is 0.497 e. The summed E-state index contributed by atoms with van der Waals surface area (Å²) >= 11 is 0. The molecule has 1 aliphatic heterocycles. The van der Waals surface area contributed by atoms with Gasteiger partial charge in [-0.05, 0) is 66.4 Å². The number of benzene rings is 1. The molecule has 0 saturated carbocycles. The van der Waals surface area contributed by atoms with Crippen LogP contribution in [0.25, 0.3) is 0 Å². The van der Waals surface area contributed by atoms with E-state index in [1.165, 1.54) is 36.0 Å². The van der Waals surface area contributed by atoms with Gasteiger partial charge >= 0.3 is 0 Å². The maximum Gasteiger partial charge on any atom is 0.118 e. The number of ether oxygens (including phenoxy) is 1. The van der Waals surface area contributed by atoms with E-state index in [2.05, 4.69) is 52.5 Å². The Balaban J connectivity index is 1.45. The first-order chi connectivity index (χ1) is 13.8. The fourth-order valence-electron chi connectivity index (χ4n) is 3.97. The Kier molecular flexibility index (Phi) is 5.98. The number of nitrogens with zero attached hydrogens (tertiary/aromatic N) is 3. The van der Waals surface area contributed by atoms with Gasteiger partial charge in [0.05, 0.1) is 7.11 Å². The van der Waals surface area contributed by atoms with Crippen LogP contribution in [0.3, 0.4) is 0 Å². The molecule has 0 unspecified atom stereocenters. The van der Waals surface area contributed by atoms with Gasteiger partial charge in [-0.25, -0.2) is 0 Å². The average molecular weight is 373 g/mol. The number of methoxy groups -OCH3 is 1. The summed E-state index contributed by atoms with van der Waals surface area (Å²) in [5.74, 6) is 0.888. The van der Waals surface area contributed by atoms with Crippen LogP contribution in [0.5, 0.6) is 5.75 Å². The van der Waals surface area contributed by atoms with Gasteiger partial charge in [0, 0.05) is 43.3 Å². The van der Waals surface area contributed by atoms with Gasteiger partial charge in [0.15, 0.2) is 0 Å². The second-order valence-electron chi connectivity index (χ2n) is 7.45. The average Bonchev–Trinajstić information content (AvgIpc) is 2.76. The quantitative estimate of drug-likeness (QED) is 0.622. The summed E-state index contributed by atoms with van der Waals surface area (Å²) in [6, 6.07) is 17.3. The Labute approximate surface area is 167 Å². The SMILES string of the molecule is COc1ccc(Cc2ccc([C@H]3CCCCN3Cc3ccncc3)cn2)cc1. The molecule has 144 valence electrons. The third-order valence-corrected chi connectivity index (χ3v) is 5.53. The third kappa shape index (κ3) is 4.57. The highest BCUT2D eigenvalue weighted by atomic mass is 16.5. The summed E-state index contributed by atoms with van der Waals surface area (Å²) in [5, 5.41) is 0. The van der Waals surface area contributed by atoms with Crippen LogP contribution in [0.1, 0.15) is 47.7 Å². The first-order valence-corrected chi connectivity index (χ1v) is 10.0. The molecule has 1 fully saturated rings. The summed E-state index contributed by atoms with van der Waals surface area (Å²) in [4.78, 5) is 11.5. The van der Waals surface area contributed by atoms with Crippen molar-refractivity contribution in [3.05, 3.63) is 89.5 Å². The van der Waals surface area contributed by atoms with Gasteiger partial charge in [-0.1, -0.05) is 24.6 Å². The summed E-state index contributed by atoms with van der Waals surface area (Å²) in [6.07, 6.45) is 10.4. The molecule has 1 saturated heterocycles. The molecule has 4 nitrogen and oxygen atoms in total. The summed E-state index contributed by atoms with van der Waals surface area (Å²) in [5.41, 5.74) is 5.00. The number of pyridine rings is 2. The molecule has 3 aromatic rings. The molecule has 0 bridgehead atoms. The van der Waals surface area contributed by atoms with Gasteiger partial charge in [0.2, 0.25) is 0 Å². The van der Waals surface area contributed by atoms with Crippen molar-refractivity contribution in [2.45, 2.75) is 38.3 Å². The van der Waals surface area contributed by atoms with Gasteiger partial charge in [0.25, 0.3) is 0 Å². The van der Waals surface area contributed by atoms with Crippen molar-refractivity contribution in [1.29, 1.82) is 0 Å². The number of piperidine rings is 1. The number of likely N-dealkylation sites (tertiary alicyclic amines) is 1. The van der Waals surface area contributed by atoms with Crippen molar-refractivity contribution < 1.29 is 4.74 Å². The maximum atomic E-state index is 5.23. The van der Waals surface area contributed by atoms with Crippen LogP contribution < -0.4 is 4.74 Å².